The molecule has 0 aliphatic heterocycles. The van der Waals surface area contributed by atoms with Crippen LogP contribution in [0.15, 0.2) is 30.3 Å². The summed E-state index contributed by atoms with van der Waals surface area (Å²) in [4.78, 5) is 15.8. The van der Waals surface area contributed by atoms with Gasteiger partial charge in [-0.2, -0.15) is 9.29 Å². The summed E-state index contributed by atoms with van der Waals surface area (Å²) in [6, 6.07) is 9.30. The molecule has 0 aliphatic carbocycles. The molecule has 2 aromatic rings. The van der Waals surface area contributed by atoms with Crippen LogP contribution in [0, 0.1) is 0 Å². The summed E-state index contributed by atoms with van der Waals surface area (Å²) in [7, 11) is -2.08. The Labute approximate surface area is 122 Å². The lowest BCUT2D eigenvalue weighted by molar-refractivity contribution is -0.116. The molecule has 1 heterocycles. The summed E-state index contributed by atoms with van der Waals surface area (Å²) in [6.07, 6.45) is 1.03. The van der Waals surface area contributed by atoms with E-state index in [0.29, 0.717) is 5.82 Å². The molecule has 9 heteroatoms. The van der Waals surface area contributed by atoms with Crippen LogP contribution in [-0.4, -0.2) is 53.7 Å². The zero-order valence-electron chi connectivity index (χ0n) is 11.6. The third-order valence-electron chi connectivity index (χ3n) is 2.72. The average molecular weight is 309 g/mol. The maximum absolute atomic E-state index is 11.7. The molecule has 1 aromatic heterocycles. The zero-order valence-corrected chi connectivity index (χ0v) is 12.4. The predicted octanol–water partition coefficient (Wildman–Crippen LogP) is 0.302. The minimum absolute atomic E-state index is 0.0979. The molecular weight excluding hydrogens is 294 g/mol. The maximum Gasteiger partial charge on any atom is 0.249 e. The van der Waals surface area contributed by atoms with Gasteiger partial charge in [-0.25, -0.2) is 8.42 Å². The molecule has 0 aliphatic rings. The van der Waals surface area contributed by atoms with E-state index in [9.17, 15) is 13.2 Å². The van der Waals surface area contributed by atoms with Crippen molar-refractivity contribution in [2.24, 2.45) is 0 Å². The first-order valence-electron chi connectivity index (χ1n) is 6.05. The highest BCUT2D eigenvalue weighted by molar-refractivity contribution is 7.88. The number of hydrogen-bond donors (Lipinski definition) is 2. The molecule has 0 unspecified atom stereocenters. The second kappa shape index (κ2) is 6.02. The van der Waals surface area contributed by atoms with E-state index >= 15 is 0 Å². The van der Waals surface area contributed by atoms with Gasteiger partial charge in [0.15, 0.2) is 5.82 Å². The van der Waals surface area contributed by atoms with Gasteiger partial charge >= 0.3 is 0 Å². The van der Waals surface area contributed by atoms with Crippen LogP contribution < -0.4 is 5.32 Å². The van der Waals surface area contributed by atoms with Crippen molar-refractivity contribution in [2.75, 3.05) is 25.2 Å². The Kier molecular flexibility index (Phi) is 4.34. The number of carbonyl (C=O) groups excluding carboxylic acids is 1. The van der Waals surface area contributed by atoms with Crippen molar-refractivity contribution in [3.05, 3.63) is 30.3 Å². The van der Waals surface area contributed by atoms with E-state index in [2.05, 4.69) is 20.5 Å². The second-order valence-corrected chi connectivity index (χ2v) is 6.53. The summed E-state index contributed by atoms with van der Waals surface area (Å²) in [5, 5.41) is 9.01. The zero-order chi connectivity index (χ0) is 15.5. The van der Waals surface area contributed by atoms with E-state index in [-0.39, 0.29) is 12.5 Å². The molecule has 2 N–H and O–H groups in total. The molecule has 1 amide bonds. The van der Waals surface area contributed by atoms with Gasteiger partial charge in [0.25, 0.3) is 0 Å². The molecule has 21 heavy (non-hydrogen) atoms. The first kappa shape index (κ1) is 15.1. The lowest BCUT2D eigenvalue weighted by Crippen LogP contribution is -2.34. The van der Waals surface area contributed by atoms with Crippen molar-refractivity contribution in [3.8, 4) is 11.4 Å². The fraction of sp³-hybridized carbons (Fsp3) is 0.250. The summed E-state index contributed by atoms with van der Waals surface area (Å²) in [6.45, 7) is -0.298. The molecule has 8 nitrogen and oxygen atoms in total. The van der Waals surface area contributed by atoms with Gasteiger partial charge in [0.1, 0.15) is 0 Å². The molecule has 0 atom stereocenters. The van der Waals surface area contributed by atoms with E-state index in [1.165, 1.54) is 7.05 Å². The Hall–Kier alpha value is -2.26. The predicted molar refractivity (Wildman–Crippen MR) is 77.9 cm³/mol. The van der Waals surface area contributed by atoms with Crippen molar-refractivity contribution in [1.29, 1.82) is 0 Å². The van der Waals surface area contributed by atoms with Crippen LogP contribution in [0.3, 0.4) is 0 Å². The van der Waals surface area contributed by atoms with Crippen LogP contribution in [-0.2, 0) is 14.8 Å². The SMILES string of the molecule is CN(CC(=O)Nc1n[nH]c(-c2ccccc2)n1)S(C)(=O)=O. The minimum Gasteiger partial charge on any atom is -0.292 e. The van der Waals surface area contributed by atoms with Crippen LogP contribution in [0.4, 0.5) is 5.95 Å². The number of aromatic nitrogens is 3. The van der Waals surface area contributed by atoms with Crippen LogP contribution in [0.5, 0.6) is 0 Å². The number of aromatic amines is 1. The molecule has 2 rings (SSSR count). The smallest absolute Gasteiger partial charge is 0.249 e. The number of nitrogens with zero attached hydrogens (tertiary/aromatic N) is 3. The van der Waals surface area contributed by atoms with Gasteiger partial charge in [0.2, 0.25) is 21.9 Å². The molecule has 112 valence electrons. The summed E-state index contributed by atoms with van der Waals surface area (Å²) in [5.74, 6) is 0.102. The van der Waals surface area contributed by atoms with Crippen molar-refractivity contribution in [3.63, 3.8) is 0 Å². The molecule has 0 bridgehead atoms. The van der Waals surface area contributed by atoms with Gasteiger partial charge in [-0.3, -0.25) is 15.2 Å². The van der Waals surface area contributed by atoms with Crippen LogP contribution in [0.25, 0.3) is 11.4 Å². The highest BCUT2D eigenvalue weighted by Gasteiger charge is 2.16. The Morgan fingerprint density at radius 2 is 2.00 bits per heavy atom. The number of amides is 1. The van der Waals surface area contributed by atoms with Crippen molar-refractivity contribution >= 4 is 21.9 Å². The van der Waals surface area contributed by atoms with Gasteiger partial charge in [-0.15, -0.1) is 5.10 Å². The number of likely N-dealkylation sites (N-methyl/N-ethyl adjacent to an activating group) is 1. The van der Waals surface area contributed by atoms with E-state index in [4.69, 9.17) is 0 Å². The standard InChI is InChI=1S/C12H15N5O3S/c1-17(21(2,19)20)8-10(18)13-12-14-11(15-16-12)9-6-4-3-5-7-9/h3-7H,8H2,1-2H3,(H2,13,14,15,16,18). The third kappa shape index (κ3) is 4.10. The molecule has 0 fully saturated rings. The number of nitrogens with one attached hydrogen (secondary N) is 2. The normalized spacial score (nSPS) is 11.6. The summed E-state index contributed by atoms with van der Waals surface area (Å²) >= 11 is 0. The highest BCUT2D eigenvalue weighted by atomic mass is 32.2. The third-order valence-corrected chi connectivity index (χ3v) is 3.98. The topological polar surface area (TPSA) is 108 Å². The Balaban J connectivity index is 2.02. The summed E-state index contributed by atoms with van der Waals surface area (Å²) in [5.41, 5.74) is 0.832. The second-order valence-electron chi connectivity index (χ2n) is 4.44. The molecular formula is C12H15N5O3S. The fourth-order valence-corrected chi connectivity index (χ4v) is 1.88. The Bertz CT molecular complexity index is 726. The first-order chi connectivity index (χ1) is 9.86. The number of benzene rings is 1. The number of hydrogen-bond acceptors (Lipinski definition) is 5. The number of H-pyrrole nitrogens is 1. The van der Waals surface area contributed by atoms with Crippen molar-refractivity contribution in [2.45, 2.75) is 0 Å². The molecule has 0 spiro atoms. The largest absolute Gasteiger partial charge is 0.292 e. The van der Waals surface area contributed by atoms with Gasteiger partial charge in [-0.05, 0) is 0 Å². The average Bonchev–Trinajstić information content (AvgIpc) is 2.87. The van der Waals surface area contributed by atoms with Crippen LogP contribution >= 0.6 is 0 Å². The molecule has 1 aromatic carbocycles. The maximum atomic E-state index is 11.7. The van der Waals surface area contributed by atoms with Gasteiger partial charge in [0, 0.05) is 12.6 Å². The van der Waals surface area contributed by atoms with Gasteiger partial charge < -0.3 is 0 Å². The Morgan fingerprint density at radius 3 is 2.62 bits per heavy atom. The van der Waals surface area contributed by atoms with Crippen LogP contribution in [0.2, 0.25) is 0 Å². The van der Waals surface area contributed by atoms with Gasteiger partial charge in [0.05, 0.1) is 12.8 Å². The fourth-order valence-electron chi connectivity index (χ4n) is 1.53. The monoisotopic (exact) mass is 309 g/mol. The van der Waals surface area contributed by atoms with E-state index < -0.39 is 15.9 Å². The Morgan fingerprint density at radius 1 is 1.33 bits per heavy atom. The van der Waals surface area contributed by atoms with Gasteiger partial charge in [-0.1, -0.05) is 30.3 Å². The number of anilines is 1. The van der Waals surface area contributed by atoms with E-state index in [1.807, 2.05) is 30.3 Å². The molecule has 0 radical (unpaired) electrons. The van der Waals surface area contributed by atoms with E-state index in [1.54, 1.807) is 0 Å². The summed E-state index contributed by atoms with van der Waals surface area (Å²) < 4.78 is 23.4. The molecule has 0 saturated carbocycles. The highest BCUT2D eigenvalue weighted by Crippen LogP contribution is 2.14. The van der Waals surface area contributed by atoms with Crippen molar-refractivity contribution in [1.82, 2.24) is 19.5 Å². The lowest BCUT2D eigenvalue weighted by atomic mass is 10.2. The van der Waals surface area contributed by atoms with Crippen molar-refractivity contribution < 1.29 is 13.2 Å². The minimum atomic E-state index is -3.40. The van der Waals surface area contributed by atoms with E-state index in [0.717, 1.165) is 16.1 Å². The number of rotatable bonds is 5. The number of carbonyl (C=O) groups is 1. The molecule has 0 saturated heterocycles. The van der Waals surface area contributed by atoms with Crippen LogP contribution in [0.1, 0.15) is 0 Å². The number of sulfonamides is 1. The quantitative estimate of drug-likeness (QED) is 0.826. The first-order valence-corrected chi connectivity index (χ1v) is 7.90. The lowest BCUT2D eigenvalue weighted by Gasteiger charge is -2.12.